The first-order chi connectivity index (χ1) is 9.26. The van der Waals surface area contributed by atoms with E-state index in [1.807, 2.05) is 40.1 Å². The second-order valence-corrected chi connectivity index (χ2v) is 5.39. The quantitative estimate of drug-likeness (QED) is 0.599. The number of carbonyl (C=O) groups excluding carboxylic acids is 2. The van der Waals surface area contributed by atoms with Crippen LogP contribution in [0.1, 0.15) is 18.4 Å². The van der Waals surface area contributed by atoms with E-state index in [0.29, 0.717) is 13.1 Å². The monoisotopic (exact) mass is 258 g/mol. The van der Waals surface area contributed by atoms with Crippen LogP contribution in [0.5, 0.6) is 0 Å². The van der Waals surface area contributed by atoms with Crippen molar-refractivity contribution >= 4 is 12.2 Å². The summed E-state index contributed by atoms with van der Waals surface area (Å²) in [6, 6.07) is 10.0. The minimum absolute atomic E-state index is 0.190. The highest BCUT2D eigenvalue weighted by molar-refractivity contribution is 5.93. The molecule has 2 aliphatic rings. The molecule has 0 aliphatic carbocycles. The SMILES string of the molecule is O=CCN1CCCC12CN(Cc1ccccc1)C2=O. The standard InChI is InChI=1S/C15H18N2O2/c18-10-9-17-8-4-7-15(17)12-16(14(15)19)11-13-5-2-1-3-6-13/h1-3,5-6,10H,4,7-9,11-12H2. The van der Waals surface area contributed by atoms with E-state index in [9.17, 15) is 9.59 Å². The molecule has 2 aliphatic heterocycles. The molecule has 1 spiro atoms. The van der Waals surface area contributed by atoms with Crippen LogP contribution in [-0.4, -0.2) is 47.2 Å². The summed E-state index contributed by atoms with van der Waals surface area (Å²) in [7, 11) is 0. The normalized spacial score (nSPS) is 26.7. The van der Waals surface area contributed by atoms with Crippen LogP contribution in [0.2, 0.25) is 0 Å². The van der Waals surface area contributed by atoms with Gasteiger partial charge in [-0.15, -0.1) is 0 Å². The molecule has 1 atom stereocenters. The summed E-state index contributed by atoms with van der Waals surface area (Å²) >= 11 is 0. The number of hydrogen-bond donors (Lipinski definition) is 0. The lowest BCUT2D eigenvalue weighted by molar-refractivity contribution is -0.162. The van der Waals surface area contributed by atoms with E-state index in [0.717, 1.165) is 37.8 Å². The molecule has 2 fully saturated rings. The van der Waals surface area contributed by atoms with Crippen molar-refractivity contribution in [3.63, 3.8) is 0 Å². The van der Waals surface area contributed by atoms with Crippen molar-refractivity contribution in [2.75, 3.05) is 19.6 Å². The Morgan fingerprint density at radius 2 is 2.05 bits per heavy atom. The van der Waals surface area contributed by atoms with Crippen LogP contribution in [0.25, 0.3) is 0 Å². The van der Waals surface area contributed by atoms with Gasteiger partial charge in [0.2, 0.25) is 5.91 Å². The lowest BCUT2D eigenvalue weighted by Crippen LogP contribution is -2.71. The number of aldehydes is 1. The van der Waals surface area contributed by atoms with E-state index in [2.05, 4.69) is 0 Å². The van der Waals surface area contributed by atoms with E-state index < -0.39 is 0 Å². The van der Waals surface area contributed by atoms with Crippen LogP contribution in [0.4, 0.5) is 0 Å². The van der Waals surface area contributed by atoms with E-state index in [1.54, 1.807) is 0 Å². The third-order valence-corrected chi connectivity index (χ3v) is 4.27. The molecule has 3 rings (SSSR count). The molecule has 1 aromatic carbocycles. The highest BCUT2D eigenvalue weighted by Gasteiger charge is 2.57. The Kier molecular flexibility index (Phi) is 3.11. The molecule has 1 amide bonds. The Morgan fingerprint density at radius 3 is 2.74 bits per heavy atom. The Balaban J connectivity index is 1.68. The van der Waals surface area contributed by atoms with Crippen molar-refractivity contribution in [2.24, 2.45) is 0 Å². The zero-order valence-electron chi connectivity index (χ0n) is 10.9. The van der Waals surface area contributed by atoms with E-state index in [1.165, 1.54) is 0 Å². The molecule has 4 heteroatoms. The van der Waals surface area contributed by atoms with Crippen LogP contribution in [0, 0.1) is 0 Å². The third kappa shape index (κ3) is 1.96. The van der Waals surface area contributed by atoms with Gasteiger partial charge in [0, 0.05) is 13.1 Å². The molecular weight excluding hydrogens is 240 g/mol. The molecule has 2 saturated heterocycles. The van der Waals surface area contributed by atoms with Gasteiger partial charge in [0.25, 0.3) is 0 Å². The van der Waals surface area contributed by atoms with Crippen molar-refractivity contribution in [2.45, 2.75) is 24.9 Å². The summed E-state index contributed by atoms with van der Waals surface area (Å²) in [6.45, 7) is 2.68. The highest BCUT2D eigenvalue weighted by Crippen LogP contribution is 2.39. The molecule has 0 bridgehead atoms. The maximum atomic E-state index is 12.4. The fourth-order valence-electron chi connectivity index (χ4n) is 3.30. The first-order valence-corrected chi connectivity index (χ1v) is 6.78. The minimum Gasteiger partial charge on any atom is -0.334 e. The molecule has 1 aromatic rings. The number of rotatable bonds is 4. The summed E-state index contributed by atoms with van der Waals surface area (Å²) in [6.07, 6.45) is 2.81. The van der Waals surface area contributed by atoms with E-state index in [-0.39, 0.29) is 11.4 Å². The summed E-state index contributed by atoms with van der Waals surface area (Å²) in [4.78, 5) is 27.1. The summed E-state index contributed by atoms with van der Waals surface area (Å²) in [5.41, 5.74) is 0.793. The Hall–Kier alpha value is -1.68. The fourth-order valence-corrected chi connectivity index (χ4v) is 3.30. The van der Waals surface area contributed by atoms with Crippen molar-refractivity contribution in [3.05, 3.63) is 35.9 Å². The fraction of sp³-hybridized carbons (Fsp3) is 0.467. The topological polar surface area (TPSA) is 40.6 Å². The maximum Gasteiger partial charge on any atom is 0.245 e. The van der Waals surface area contributed by atoms with Gasteiger partial charge in [0.05, 0.1) is 6.54 Å². The molecule has 0 N–H and O–H groups in total. The van der Waals surface area contributed by atoms with Crippen LogP contribution in [-0.2, 0) is 16.1 Å². The lowest BCUT2D eigenvalue weighted by atomic mass is 9.85. The summed E-state index contributed by atoms with van der Waals surface area (Å²) in [5.74, 6) is 0.190. The average molecular weight is 258 g/mol. The van der Waals surface area contributed by atoms with Crippen molar-refractivity contribution in [1.82, 2.24) is 9.80 Å². The Labute approximate surface area is 113 Å². The molecular formula is C15H18N2O2. The number of likely N-dealkylation sites (tertiary alicyclic amines) is 2. The second-order valence-electron chi connectivity index (χ2n) is 5.39. The Morgan fingerprint density at radius 1 is 1.26 bits per heavy atom. The number of carbonyl (C=O) groups is 2. The first-order valence-electron chi connectivity index (χ1n) is 6.78. The van der Waals surface area contributed by atoms with Gasteiger partial charge in [-0.1, -0.05) is 30.3 Å². The van der Waals surface area contributed by atoms with Crippen LogP contribution >= 0.6 is 0 Å². The van der Waals surface area contributed by atoms with Gasteiger partial charge in [0.15, 0.2) is 0 Å². The maximum absolute atomic E-state index is 12.4. The smallest absolute Gasteiger partial charge is 0.245 e. The largest absolute Gasteiger partial charge is 0.334 e. The Bertz CT molecular complexity index is 488. The second kappa shape index (κ2) is 4.78. The van der Waals surface area contributed by atoms with Crippen LogP contribution < -0.4 is 0 Å². The zero-order chi connectivity index (χ0) is 13.3. The zero-order valence-corrected chi connectivity index (χ0v) is 10.9. The number of amides is 1. The summed E-state index contributed by atoms with van der Waals surface area (Å²) < 4.78 is 0. The molecule has 0 saturated carbocycles. The average Bonchev–Trinajstić information content (AvgIpc) is 2.85. The van der Waals surface area contributed by atoms with Gasteiger partial charge in [-0.3, -0.25) is 9.69 Å². The first kappa shape index (κ1) is 12.4. The molecule has 0 radical (unpaired) electrons. The van der Waals surface area contributed by atoms with Gasteiger partial charge in [-0.05, 0) is 24.9 Å². The highest BCUT2D eigenvalue weighted by atomic mass is 16.2. The number of hydrogen-bond acceptors (Lipinski definition) is 3. The number of benzene rings is 1. The van der Waals surface area contributed by atoms with E-state index >= 15 is 0 Å². The van der Waals surface area contributed by atoms with Crippen molar-refractivity contribution in [3.8, 4) is 0 Å². The van der Waals surface area contributed by atoms with Crippen LogP contribution in [0.15, 0.2) is 30.3 Å². The number of β-lactam (4-membered cyclic amide) rings is 1. The van der Waals surface area contributed by atoms with E-state index in [4.69, 9.17) is 0 Å². The van der Waals surface area contributed by atoms with Crippen LogP contribution in [0.3, 0.4) is 0 Å². The van der Waals surface area contributed by atoms with Crippen molar-refractivity contribution in [1.29, 1.82) is 0 Å². The molecule has 2 heterocycles. The van der Waals surface area contributed by atoms with Gasteiger partial charge in [-0.25, -0.2) is 0 Å². The molecule has 100 valence electrons. The number of nitrogens with zero attached hydrogens (tertiary/aromatic N) is 2. The third-order valence-electron chi connectivity index (χ3n) is 4.27. The molecule has 19 heavy (non-hydrogen) atoms. The van der Waals surface area contributed by atoms with Gasteiger partial charge < -0.3 is 9.69 Å². The van der Waals surface area contributed by atoms with Crippen molar-refractivity contribution < 1.29 is 9.59 Å². The summed E-state index contributed by atoms with van der Waals surface area (Å²) in [5, 5.41) is 0. The van der Waals surface area contributed by atoms with Gasteiger partial charge in [-0.2, -0.15) is 0 Å². The predicted octanol–water partition coefficient (Wildman–Crippen LogP) is 1.06. The predicted molar refractivity (Wildman–Crippen MR) is 71.5 cm³/mol. The van der Waals surface area contributed by atoms with Gasteiger partial charge >= 0.3 is 0 Å². The molecule has 1 unspecified atom stereocenters. The molecule has 4 nitrogen and oxygen atoms in total. The minimum atomic E-state index is -0.365. The van der Waals surface area contributed by atoms with Gasteiger partial charge in [0.1, 0.15) is 11.8 Å². The lowest BCUT2D eigenvalue weighted by Gasteiger charge is -2.51. The molecule has 0 aromatic heterocycles.